The molecule has 1 N–H and O–H groups in total. The van der Waals surface area contributed by atoms with Gasteiger partial charge in [-0.25, -0.2) is 8.42 Å². The quantitative estimate of drug-likeness (QED) is 0.802. The number of hydrogen-bond acceptors (Lipinski definition) is 5. The summed E-state index contributed by atoms with van der Waals surface area (Å²) in [6.07, 6.45) is 2.27. The van der Waals surface area contributed by atoms with Gasteiger partial charge in [-0.15, -0.1) is 0 Å². The summed E-state index contributed by atoms with van der Waals surface area (Å²) in [4.78, 5) is 2.34. The fourth-order valence-corrected chi connectivity index (χ4v) is 4.94. The Morgan fingerprint density at radius 1 is 1.45 bits per heavy atom. The Morgan fingerprint density at radius 2 is 2.25 bits per heavy atom. The molecule has 2 rings (SSSR count). The van der Waals surface area contributed by atoms with Crippen molar-refractivity contribution in [3.8, 4) is 0 Å². The van der Waals surface area contributed by atoms with Crippen LogP contribution in [-0.2, 0) is 14.6 Å². The van der Waals surface area contributed by atoms with E-state index in [1.807, 2.05) is 6.92 Å². The number of ether oxygens (including phenoxy) is 1. The molecule has 0 saturated carbocycles. The van der Waals surface area contributed by atoms with Crippen LogP contribution in [0.2, 0.25) is 0 Å². The molecule has 2 atom stereocenters. The lowest BCUT2D eigenvalue weighted by Gasteiger charge is -2.44. The number of rotatable bonds is 5. The Balaban J connectivity index is 2.00. The van der Waals surface area contributed by atoms with Crippen LogP contribution < -0.4 is 5.32 Å². The molecule has 20 heavy (non-hydrogen) atoms. The third-order valence-electron chi connectivity index (χ3n) is 4.50. The van der Waals surface area contributed by atoms with Gasteiger partial charge < -0.3 is 10.1 Å². The average Bonchev–Trinajstić information content (AvgIpc) is 2.41. The van der Waals surface area contributed by atoms with E-state index in [9.17, 15) is 8.42 Å². The fraction of sp³-hybridized carbons (Fsp3) is 1.00. The highest BCUT2D eigenvalue weighted by molar-refractivity contribution is 7.91. The van der Waals surface area contributed by atoms with Crippen molar-refractivity contribution in [2.45, 2.75) is 32.7 Å². The Labute approximate surface area is 123 Å². The second kappa shape index (κ2) is 6.73. The average molecular weight is 304 g/mol. The Hall–Kier alpha value is -0.170. The summed E-state index contributed by atoms with van der Waals surface area (Å²) < 4.78 is 29.1. The van der Waals surface area contributed by atoms with Gasteiger partial charge in [0.1, 0.15) is 0 Å². The van der Waals surface area contributed by atoms with E-state index in [4.69, 9.17) is 4.74 Å². The van der Waals surface area contributed by atoms with Crippen molar-refractivity contribution in [3.63, 3.8) is 0 Å². The van der Waals surface area contributed by atoms with E-state index in [-0.39, 0.29) is 11.5 Å². The molecule has 2 unspecified atom stereocenters. The van der Waals surface area contributed by atoms with Crippen molar-refractivity contribution in [1.82, 2.24) is 10.2 Å². The van der Waals surface area contributed by atoms with Crippen LogP contribution >= 0.6 is 0 Å². The fourth-order valence-electron chi connectivity index (χ4n) is 3.32. The lowest BCUT2D eigenvalue weighted by Crippen LogP contribution is -2.55. The number of nitrogens with zero attached hydrogens (tertiary/aromatic N) is 1. The van der Waals surface area contributed by atoms with Crippen molar-refractivity contribution in [2.75, 3.05) is 50.9 Å². The van der Waals surface area contributed by atoms with E-state index in [0.717, 1.165) is 45.7 Å². The van der Waals surface area contributed by atoms with Crippen molar-refractivity contribution in [2.24, 2.45) is 5.41 Å². The summed E-state index contributed by atoms with van der Waals surface area (Å²) in [7, 11) is -2.83. The van der Waals surface area contributed by atoms with Gasteiger partial charge in [0.25, 0.3) is 0 Å². The second-order valence-electron chi connectivity index (χ2n) is 6.37. The van der Waals surface area contributed by atoms with Crippen LogP contribution in [0, 0.1) is 5.41 Å². The van der Waals surface area contributed by atoms with Gasteiger partial charge in [0, 0.05) is 37.7 Å². The highest BCUT2D eigenvalue weighted by Gasteiger charge is 2.38. The number of hydrogen-bond donors (Lipinski definition) is 1. The lowest BCUT2D eigenvalue weighted by molar-refractivity contribution is -0.0300. The maximum Gasteiger partial charge on any atom is 0.153 e. The molecule has 118 valence electrons. The predicted octanol–water partition coefficient (Wildman–Crippen LogP) is 0.512. The summed E-state index contributed by atoms with van der Waals surface area (Å²) >= 11 is 0. The van der Waals surface area contributed by atoms with Gasteiger partial charge in [0.05, 0.1) is 18.1 Å². The molecule has 2 fully saturated rings. The summed E-state index contributed by atoms with van der Waals surface area (Å²) in [6, 6.07) is 0.120. The first-order chi connectivity index (χ1) is 9.46. The number of sulfone groups is 1. The van der Waals surface area contributed by atoms with Crippen molar-refractivity contribution in [1.29, 1.82) is 0 Å². The minimum absolute atomic E-state index is 0.120. The van der Waals surface area contributed by atoms with E-state index in [0.29, 0.717) is 18.1 Å². The molecule has 0 radical (unpaired) electrons. The summed E-state index contributed by atoms with van der Waals surface area (Å²) in [5.41, 5.74) is 0.142. The van der Waals surface area contributed by atoms with Crippen molar-refractivity contribution >= 4 is 9.84 Å². The monoisotopic (exact) mass is 304 g/mol. The molecule has 6 heteroatoms. The molecule has 0 bridgehead atoms. The van der Waals surface area contributed by atoms with Gasteiger partial charge in [-0.3, -0.25) is 4.90 Å². The van der Waals surface area contributed by atoms with Crippen LogP contribution in [0.1, 0.15) is 26.7 Å². The van der Waals surface area contributed by atoms with Crippen LogP contribution in [0.15, 0.2) is 0 Å². The van der Waals surface area contributed by atoms with E-state index >= 15 is 0 Å². The van der Waals surface area contributed by atoms with Gasteiger partial charge in [0.2, 0.25) is 0 Å². The van der Waals surface area contributed by atoms with Crippen LogP contribution in [0.4, 0.5) is 0 Å². The molecule has 2 heterocycles. The van der Waals surface area contributed by atoms with Crippen LogP contribution in [0.3, 0.4) is 0 Å². The van der Waals surface area contributed by atoms with Crippen molar-refractivity contribution in [3.05, 3.63) is 0 Å². The van der Waals surface area contributed by atoms with Crippen molar-refractivity contribution < 1.29 is 13.2 Å². The highest BCUT2D eigenvalue weighted by Crippen LogP contribution is 2.30. The SMILES string of the molecule is CCNCC1(CN2CCS(=O)(=O)CC2C)CCCOC1. The highest BCUT2D eigenvalue weighted by atomic mass is 32.2. The summed E-state index contributed by atoms with van der Waals surface area (Å²) in [5, 5.41) is 3.45. The van der Waals surface area contributed by atoms with Gasteiger partial charge >= 0.3 is 0 Å². The van der Waals surface area contributed by atoms with E-state index in [1.165, 1.54) is 0 Å². The van der Waals surface area contributed by atoms with Crippen LogP contribution in [0.5, 0.6) is 0 Å². The normalized spacial score (nSPS) is 35.0. The zero-order valence-electron chi connectivity index (χ0n) is 12.7. The molecule has 0 aromatic rings. The van der Waals surface area contributed by atoms with Crippen LogP contribution in [0.25, 0.3) is 0 Å². The van der Waals surface area contributed by atoms with Gasteiger partial charge in [-0.1, -0.05) is 6.92 Å². The third-order valence-corrected chi connectivity index (χ3v) is 6.30. The third kappa shape index (κ3) is 4.16. The Bertz CT molecular complexity index is 405. The Kier molecular flexibility index (Phi) is 5.45. The maximum absolute atomic E-state index is 11.7. The van der Waals surface area contributed by atoms with Gasteiger partial charge in [-0.05, 0) is 26.3 Å². The van der Waals surface area contributed by atoms with E-state index in [2.05, 4.69) is 17.1 Å². The first-order valence-electron chi connectivity index (χ1n) is 7.69. The lowest BCUT2D eigenvalue weighted by atomic mass is 9.81. The van der Waals surface area contributed by atoms with E-state index in [1.54, 1.807) is 0 Å². The molecule has 2 saturated heterocycles. The predicted molar refractivity (Wildman–Crippen MR) is 80.7 cm³/mol. The minimum atomic E-state index is -2.83. The molecule has 0 aromatic carbocycles. The molecule has 2 aliphatic rings. The van der Waals surface area contributed by atoms with Crippen LogP contribution in [-0.4, -0.2) is 70.3 Å². The largest absolute Gasteiger partial charge is 0.381 e. The van der Waals surface area contributed by atoms with E-state index < -0.39 is 9.84 Å². The zero-order valence-corrected chi connectivity index (χ0v) is 13.5. The molecule has 0 spiro atoms. The zero-order chi connectivity index (χ0) is 14.6. The second-order valence-corrected chi connectivity index (χ2v) is 8.60. The topological polar surface area (TPSA) is 58.6 Å². The molecule has 5 nitrogen and oxygen atoms in total. The molecular weight excluding hydrogens is 276 g/mol. The smallest absolute Gasteiger partial charge is 0.153 e. The standard InChI is InChI=1S/C14H28N2O3S/c1-3-15-10-14(5-4-7-19-12-14)11-16-6-8-20(17,18)9-13(16)2/h13,15H,3-12H2,1-2H3. The van der Waals surface area contributed by atoms with Gasteiger partial charge in [0.15, 0.2) is 9.84 Å². The summed E-state index contributed by atoms with van der Waals surface area (Å²) in [5.74, 6) is 0.598. The molecule has 0 aromatic heterocycles. The van der Waals surface area contributed by atoms with Gasteiger partial charge in [-0.2, -0.15) is 0 Å². The molecule has 0 amide bonds. The first-order valence-corrected chi connectivity index (χ1v) is 9.51. The molecular formula is C14H28N2O3S. The number of nitrogens with one attached hydrogen (secondary N) is 1. The molecule has 0 aliphatic carbocycles. The first kappa shape index (κ1) is 16.2. The molecule has 2 aliphatic heterocycles. The maximum atomic E-state index is 11.7. The minimum Gasteiger partial charge on any atom is -0.381 e. The summed E-state index contributed by atoms with van der Waals surface area (Å²) in [6.45, 7) is 9.32. The Morgan fingerprint density at radius 3 is 2.85 bits per heavy atom.